The molecule has 2 aromatic rings. The van der Waals surface area contributed by atoms with E-state index in [1.54, 1.807) is 13.8 Å². The highest BCUT2D eigenvalue weighted by molar-refractivity contribution is 7.91. The van der Waals surface area contributed by atoms with Gasteiger partial charge in [0.25, 0.3) is 5.91 Å². The van der Waals surface area contributed by atoms with Gasteiger partial charge in [0, 0.05) is 11.6 Å². The van der Waals surface area contributed by atoms with Crippen LogP contribution in [0.2, 0.25) is 0 Å². The topological polar surface area (TPSA) is 63.2 Å². The van der Waals surface area contributed by atoms with E-state index in [2.05, 4.69) is 19.2 Å². The number of amides is 1. The number of carbonyl (C=O) groups is 1. The van der Waals surface area contributed by atoms with Crippen molar-refractivity contribution < 1.29 is 13.2 Å². The molecule has 0 aliphatic rings. The summed E-state index contributed by atoms with van der Waals surface area (Å²) in [7, 11) is -3.09. The smallest absolute Gasteiger partial charge is 0.251 e. The van der Waals surface area contributed by atoms with Gasteiger partial charge in [-0.25, -0.2) is 8.42 Å². The number of sulfone groups is 1. The van der Waals surface area contributed by atoms with Gasteiger partial charge in [-0.3, -0.25) is 4.79 Å². The van der Waals surface area contributed by atoms with Crippen molar-refractivity contribution in [1.82, 2.24) is 5.32 Å². The van der Waals surface area contributed by atoms with Gasteiger partial charge in [0.15, 0.2) is 9.84 Å². The quantitative estimate of drug-likeness (QED) is 0.652. The lowest BCUT2D eigenvalue weighted by molar-refractivity contribution is 0.0942. The molecule has 164 valence electrons. The molecular formula is C25H35NO3S. The van der Waals surface area contributed by atoms with Crippen molar-refractivity contribution >= 4 is 15.7 Å². The minimum absolute atomic E-state index is 0.0211. The van der Waals surface area contributed by atoms with Crippen LogP contribution in [0.1, 0.15) is 71.4 Å². The lowest BCUT2D eigenvalue weighted by Crippen LogP contribution is -2.31. The summed E-state index contributed by atoms with van der Waals surface area (Å²) in [5.74, 6) is 0.0645. The first kappa shape index (κ1) is 24.1. The zero-order chi connectivity index (χ0) is 22.6. The molecule has 30 heavy (non-hydrogen) atoms. The van der Waals surface area contributed by atoms with Crippen molar-refractivity contribution in [2.45, 2.75) is 78.4 Å². The standard InChI is InChI=1S/C25H35NO3S/c1-16(2)26-25(27)24-14-18(5)23(19(6)20(24)7)13-12-21-8-10-22(11-9-21)15-30(28,29)17(3)4/h8-11,14,16-17H,12-13,15H2,1-7H3,(H,26,27). The van der Waals surface area contributed by atoms with Crippen molar-refractivity contribution in [3.05, 3.63) is 69.3 Å². The van der Waals surface area contributed by atoms with E-state index in [-0.39, 0.29) is 23.0 Å². The van der Waals surface area contributed by atoms with Crippen molar-refractivity contribution in [3.63, 3.8) is 0 Å². The van der Waals surface area contributed by atoms with Gasteiger partial charge >= 0.3 is 0 Å². The second-order valence-electron chi connectivity index (χ2n) is 8.77. The Morgan fingerprint density at radius 1 is 0.900 bits per heavy atom. The van der Waals surface area contributed by atoms with Crippen molar-refractivity contribution in [1.29, 1.82) is 0 Å². The third-order valence-corrected chi connectivity index (χ3v) is 7.87. The number of rotatable bonds is 8. The fourth-order valence-corrected chi connectivity index (χ4v) is 4.56. The van der Waals surface area contributed by atoms with Crippen LogP contribution in [0.3, 0.4) is 0 Å². The number of carbonyl (C=O) groups excluding carboxylic acids is 1. The normalized spacial score (nSPS) is 11.9. The summed E-state index contributed by atoms with van der Waals surface area (Å²) in [6.07, 6.45) is 1.75. The number of aryl methyl sites for hydroxylation is 2. The van der Waals surface area contributed by atoms with E-state index in [0.29, 0.717) is 0 Å². The van der Waals surface area contributed by atoms with Crippen molar-refractivity contribution in [3.8, 4) is 0 Å². The second kappa shape index (κ2) is 9.78. The maximum atomic E-state index is 12.5. The zero-order valence-corrected chi connectivity index (χ0v) is 20.1. The zero-order valence-electron chi connectivity index (χ0n) is 19.3. The Hall–Kier alpha value is -2.14. The van der Waals surface area contributed by atoms with Crippen molar-refractivity contribution in [2.24, 2.45) is 0 Å². The average molecular weight is 430 g/mol. The molecule has 2 rings (SSSR count). The van der Waals surface area contributed by atoms with Crippen LogP contribution in [0.15, 0.2) is 30.3 Å². The van der Waals surface area contributed by atoms with Crippen LogP contribution in [0.4, 0.5) is 0 Å². The Morgan fingerprint density at radius 2 is 1.47 bits per heavy atom. The summed E-state index contributed by atoms with van der Waals surface area (Å²) in [6, 6.07) is 9.98. The summed E-state index contributed by atoms with van der Waals surface area (Å²) in [5, 5.41) is 2.61. The third-order valence-electron chi connectivity index (χ3n) is 5.69. The molecule has 0 aromatic heterocycles. The highest BCUT2D eigenvalue weighted by Gasteiger charge is 2.17. The minimum atomic E-state index is -3.09. The van der Waals surface area contributed by atoms with Gasteiger partial charge in [-0.05, 0) is 101 Å². The maximum Gasteiger partial charge on any atom is 0.251 e. The third kappa shape index (κ3) is 5.94. The van der Waals surface area contributed by atoms with Gasteiger partial charge in [-0.15, -0.1) is 0 Å². The van der Waals surface area contributed by atoms with E-state index >= 15 is 0 Å². The Labute approximate surface area is 182 Å². The predicted molar refractivity (Wildman–Crippen MR) is 125 cm³/mol. The molecule has 0 radical (unpaired) electrons. The van der Waals surface area contributed by atoms with Crippen LogP contribution < -0.4 is 5.32 Å². The summed E-state index contributed by atoms with van der Waals surface area (Å²) in [6.45, 7) is 13.5. The fourth-order valence-electron chi connectivity index (χ4n) is 3.57. The first-order valence-electron chi connectivity index (χ1n) is 10.6. The highest BCUT2D eigenvalue weighted by Crippen LogP contribution is 2.24. The minimum Gasteiger partial charge on any atom is -0.350 e. The molecule has 0 bridgehead atoms. The second-order valence-corrected chi connectivity index (χ2v) is 11.3. The molecule has 0 atom stereocenters. The Kier molecular flexibility index (Phi) is 7.87. The van der Waals surface area contributed by atoms with Gasteiger partial charge in [-0.2, -0.15) is 0 Å². The number of hydrogen-bond donors (Lipinski definition) is 1. The van der Waals surface area contributed by atoms with Crippen LogP contribution in [-0.2, 0) is 28.4 Å². The van der Waals surface area contributed by atoms with Gasteiger partial charge in [0.2, 0.25) is 0 Å². The predicted octanol–water partition coefficient (Wildman–Crippen LogP) is 4.86. The van der Waals surface area contributed by atoms with E-state index in [4.69, 9.17) is 0 Å². The first-order valence-corrected chi connectivity index (χ1v) is 12.3. The van der Waals surface area contributed by atoms with Gasteiger partial charge in [0.05, 0.1) is 11.0 Å². The lowest BCUT2D eigenvalue weighted by Gasteiger charge is -2.18. The number of nitrogens with one attached hydrogen (secondary N) is 1. The van der Waals surface area contributed by atoms with Gasteiger partial charge in [-0.1, -0.05) is 24.3 Å². The summed E-state index contributed by atoms with van der Waals surface area (Å²) >= 11 is 0. The molecule has 1 amide bonds. The molecule has 0 spiro atoms. The largest absolute Gasteiger partial charge is 0.350 e. The maximum absolute atomic E-state index is 12.5. The van der Waals surface area contributed by atoms with Crippen LogP contribution >= 0.6 is 0 Å². The molecule has 0 aliphatic carbocycles. The molecule has 5 heteroatoms. The molecule has 0 unspecified atom stereocenters. The molecule has 1 N–H and O–H groups in total. The summed E-state index contributed by atoms with van der Waals surface area (Å²) in [5.41, 5.74) is 7.37. The van der Waals surface area contributed by atoms with E-state index in [9.17, 15) is 13.2 Å². The molecule has 0 saturated carbocycles. The van der Waals surface area contributed by atoms with Crippen molar-refractivity contribution in [2.75, 3.05) is 0 Å². The Balaban J connectivity index is 2.14. The molecule has 0 saturated heterocycles. The molecular weight excluding hydrogens is 394 g/mol. The van der Waals surface area contributed by atoms with Crippen LogP contribution in [0.25, 0.3) is 0 Å². The fraction of sp³-hybridized carbons (Fsp3) is 0.480. The lowest BCUT2D eigenvalue weighted by atomic mass is 9.90. The first-order chi connectivity index (χ1) is 13.9. The van der Waals surface area contributed by atoms with Crippen LogP contribution in [0.5, 0.6) is 0 Å². The van der Waals surface area contributed by atoms with E-state index in [0.717, 1.165) is 35.1 Å². The highest BCUT2D eigenvalue weighted by atomic mass is 32.2. The van der Waals surface area contributed by atoms with E-state index < -0.39 is 9.84 Å². The summed E-state index contributed by atoms with van der Waals surface area (Å²) in [4.78, 5) is 12.5. The van der Waals surface area contributed by atoms with Crippen LogP contribution in [-0.4, -0.2) is 25.6 Å². The monoisotopic (exact) mass is 429 g/mol. The van der Waals surface area contributed by atoms with E-state index in [1.807, 2.05) is 51.1 Å². The number of benzene rings is 2. The van der Waals surface area contributed by atoms with Gasteiger partial charge in [0.1, 0.15) is 0 Å². The molecule has 4 nitrogen and oxygen atoms in total. The molecule has 0 fully saturated rings. The SMILES string of the molecule is Cc1cc(C(=O)NC(C)C)c(C)c(C)c1CCc1ccc(CS(=O)(=O)C(C)C)cc1. The Morgan fingerprint density at radius 3 is 2.00 bits per heavy atom. The molecule has 2 aromatic carbocycles. The summed E-state index contributed by atoms with van der Waals surface area (Å²) < 4.78 is 24.2. The molecule has 0 heterocycles. The van der Waals surface area contributed by atoms with Gasteiger partial charge < -0.3 is 5.32 Å². The Bertz CT molecular complexity index is 1000. The average Bonchev–Trinajstić information content (AvgIpc) is 2.64. The molecule has 0 aliphatic heterocycles. The van der Waals surface area contributed by atoms with Crippen LogP contribution in [0, 0.1) is 20.8 Å². The number of hydrogen-bond acceptors (Lipinski definition) is 3. The van der Waals surface area contributed by atoms with E-state index in [1.165, 1.54) is 16.7 Å².